The summed E-state index contributed by atoms with van der Waals surface area (Å²) in [6.07, 6.45) is 3.29. The minimum atomic E-state index is -1.50. The van der Waals surface area contributed by atoms with Gasteiger partial charge in [0.05, 0.1) is 21.6 Å². The highest BCUT2D eigenvalue weighted by atomic mass is 35.5. The average Bonchev–Trinajstić information content (AvgIpc) is 3.47. The molecule has 1 aliphatic rings. The van der Waals surface area contributed by atoms with Gasteiger partial charge in [0, 0.05) is 27.2 Å². The highest BCUT2D eigenvalue weighted by Crippen LogP contribution is 2.40. The van der Waals surface area contributed by atoms with E-state index < -0.39 is 29.3 Å². The predicted octanol–water partition coefficient (Wildman–Crippen LogP) is 9.08. The van der Waals surface area contributed by atoms with Crippen LogP contribution in [-0.4, -0.2) is 39.9 Å². The van der Waals surface area contributed by atoms with Crippen molar-refractivity contribution in [1.29, 1.82) is 0 Å². The average molecular weight is 816 g/mol. The van der Waals surface area contributed by atoms with E-state index in [1.54, 1.807) is 36.4 Å². The Morgan fingerprint density at radius 1 is 0.839 bits per heavy atom. The molecule has 0 radical (unpaired) electrons. The molecule has 11 nitrogen and oxygen atoms in total. The van der Waals surface area contributed by atoms with Gasteiger partial charge in [-0.1, -0.05) is 113 Å². The molecule has 1 unspecified atom stereocenters. The first-order valence-electron chi connectivity index (χ1n) is 18.1. The van der Waals surface area contributed by atoms with Gasteiger partial charge in [0.25, 0.3) is 23.3 Å². The van der Waals surface area contributed by atoms with Crippen molar-refractivity contribution >= 4 is 80.5 Å². The minimum absolute atomic E-state index is 0.00358. The predicted molar refractivity (Wildman–Crippen MR) is 223 cm³/mol. The van der Waals surface area contributed by atoms with E-state index in [9.17, 15) is 19.2 Å². The van der Waals surface area contributed by atoms with Crippen molar-refractivity contribution in [3.63, 3.8) is 0 Å². The number of ether oxygens (including phenoxy) is 1. The Morgan fingerprint density at radius 3 is 2.23 bits per heavy atom. The first kappa shape index (κ1) is 40.4. The highest BCUT2D eigenvalue weighted by Gasteiger charge is 2.42. The summed E-state index contributed by atoms with van der Waals surface area (Å²) in [5, 5.41) is 16.1. The Hall–Kier alpha value is -5.23. The quantitative estimate of drug-likeness (QED) is 0.137. The first-order chi connectivity index (χ1) is 26.5. The van der Waals surface area contributed by atoms with Gasteiger partial charge in [0.15, 0.2) is 18.5 Å². The van der Waals surface area contributed by atoms with Crippen molar-refractivity contribution in [3.05, 3.63) is 127 Å². The van der Waals surface area contributed by atoms with E-state index in [1.165, 1.54) is 36.0 Å². The van der Waals surface area contributed by atoms with Crippen LogP contribution in [0.3, 0.4) is 0 Å². The molecule has 0 saturated carbocycles. The maximum Gasteiger partial charge on any atom is 0.280 e. The maximum absolute atomic E-state index is 14.1. The van der Waals surface area contributed by atoms with Gasteiger partial charge in [-0.3, -0.25) is 19.2 Å². The topological polar surface area (TPSA) is 135 Å². The number of aromatic nitrogens is 2. The zero-order valence-corrected chi connectivity index (χ0v) is 34.0. The molecule has 1 aromatic heterocycles. The second kappa shape index (κ2) is 16.1. The zero-order chi connectivity index (χ0) is 40.5. The van der Waals surface area contributed by atoms with Crippen molar-refractivity contribution in [1.82, 2.24) is 15.1 Å². The number of benzene rings is 4. The monoisotopic (exact) mass is 814 g/mol. The Balaban J connectivity index is 1.24. The second-order valence-electron chi connectivity index (χ2n) is 14.8. The van der Waals surface area contributed by atoms with Crippen LogP contribution in [-0.2, 0) is 20.4 Å². The standard InChI is InChI=1S/C42H41Cl3N6O5/c1-7-41(3,4)26-16-17-33(30(19-26)42(5,6)8-2)56-23-34(52)47-28-14-11-13-24(18-28)38(53)48-37-36(50-39(54)29-15-10-9-12-25(29)22-46-50)40(55)51(49-37)35-31(44)20-27(43)21-32(35)45/h9-22,36H,7-8,23H2,1-6H3,(H,47,52)(H,48,49,53). The van der Waals surface area contributed by atoms with E-state index in [4.69, 9.17) is 39.5 Å². The lowest BCUT2D eigenvalue weighted by atomic mass is 9.76. The third-order valence-corrected chi connectivity index (χ3v) is 11.1. The lowest BCUT2D eigenvalue weighted by molar-refractivity contribution is -0.119. The van der Waals surface area contributed by atoms with Crippen molar-refractivity contribution in [2.45, 2.75) is 71.3 Å². The number of carbonyl (C=O) groups excluding carboxylic acids is 3. The molecule has 0 bridgehead atoms. The fourth-order valence-electron chi connectivity index (χ4n) is 6.21. The van der Waals surface area contributed by atoms with E-state index >= 15 is 0 Å². The third-order valence-electron chi connectivity index (χ3n) is 10.3. The molecule has 0 fully saturated rings. The van der Waals surface area contributed by atoms with E-state index in [1.807, 2.05) is 12.1 Å². The van der Waals surface area contributed by atoms with Crippen LogP contribution in [0.1, 0.15) is 81.9 Å². The highest BCUT2D eigenvalue weighted by molar-refractivity contribution is 6.43. The number of hydrogen-bond donors (Lipinski definition) is 2. The summed E-state index contributed by atoms with van der Waals surface area (Å²) < 4.78 is 7.04. The molecule has 2 N–H and O–H groups in total. The number of amides is 3. The molecule has 0 saturated heterocycles. The molecule has 4 aromatic carbocycles. The van der Waals surface area contributed by atoms with Crippen LogP contribution in [0.4, 0.5) is 11.4 Å². The number of anilines is 2. The van der Waals surface area contributed by atoms with Gasteiger partial charge in [-0.2, -0.15) is 10.1 Å². The lowest BCUT2D eigenvalue weighted by Crippen LogP contribution is -2.43. The largest absolute Gasteiger partial charge is 0.483 e. The Morgan fingerprint density at radius 2 is 1.54 bits per heavy atom. The van der Waals surface area contributed by atoms with E-state index in [0.29, 0.717) is 22.2 Å². The fraction of sp³-hybridized carbons (Fsp3) is 0.286. The lowest BCUT2D eigenvalue weighted by Gasteiger charge is -2.30. The van der Waals surface area contributed by atoms with Gasteiger partial charge in [0.1, 0.15) is 11.4 Å². The van der Waals surface area contributed by atoms with Crippen molar-refractivity contribution in [2.75, 3.05) is 16.9 Å². The molecule has 6 rings (SSSR count). The van der Waals surface area contributed by atoms with E-state index in [0.717, 1.165) is 28.1 Å². The number of hydrogen-bond acceptors (Lipinski definition) is 7. The first-order valence-corrected chi connectivity index (χ1v) is 19.2. The molecule has 0 spiro atoms. The molecule has 3 amide bonds. The van der Waals surface area contributed by atoms with Crippen LogP contribution < -0.4 is 25.9 Å². The summed E-state index contributed by atoms with van der Waals surface area (Å²) in [4.78, 5) is 54.7. The van der Waals surface area contributed by atoms with Crippen molar-refractivity contribution in [3.8, 4) is 5.75 Å². The second-order valence-corrected chi connectivity index (χ2v) is 16.0. The van der Waals surface area contributed by atoms with Gasteiger partial charge >= 0.3 is 0 Å². The molecular weight excluding hydrogens is 775 g/mol. The molecule has 2 heterocycles. The SMILES string of the molecule is CCC(C)(C)c1ccc(OCC(=O)Nc2cccc(C(=O)NC3=NN(c4c(Cl)cc(Cl)cc4Cl)C(=O)C3n3ncc4ccccc4c3=O)c2)c(C(C)(C)CC)c1. The van der Waals surface area contributed by atoms with Crippen LogP contribution >= 0.6 is 34.8 Å². The van der Waals surface area contributed by atoms with E-state index in [-0.39, 0.29) is 49.6 Å². The minimum Gasteiger partial charge on any atom is -0.483 e. The molecular formula is C42H41Cl3N6O5. The normalized spacial score (nSPS) is 14.5. The van der Waals surface area contributed by atoms with Gasteiger partial charge < -0.3 is 15.4 Å². The summed E-state index contributed by atoms with van der Waals surface area (Å²) in [6.45, 7) is 12.7. The number of nitrogens with zero attached hydrogens (tertiary/aromatic N) is 4. The fourth-order valence-corrected chi connectivity index (χ4v) is 7.19. The van der Waals surface area contributed by atoms with Crippen LogP contribution in [0.15, 0.2) is 95.0 Å². The maximum atomic E-state index is 14.1. The van der Waals surface area contributed by atoms with Gasteiger partial charge in [-0.05, 0) is 71.7 Å². The summed E-state index contributed by atoms with van der Waals surface area (Å²) in [6, 6.07) is 20.4. The van der Waals surface area contributed by atoms with Crippen LogP contribution in [0.2, 0.25) is 15.1 Å². The molecule has 5 aromatic rings. The van der Waals surface area contributed by atoms with Gasteiger partial charge in [-0.15, -0.1) is 5.10 Å². The Labute approximate surface area is 339 Å². The summed E-state index contributed by atoms with van der Waals surface area (Å²) in [5.41, 5.74) is 1.89. The molecule has 1 aliphatic heterocycles. The number of fused-ring (bicyclic) bond motifs is 1. The molecule has 14 heteroatoms. The molecule has 0 aliphatic carbocycles. The number of amidine groups is 1. The Bertz CT molecular complexity index is 2440. The number of carbonyl (C=O) groups is 3. The number of halogens is 3. The van der Waals surface area contributed by atoms with E-state index in [2.05, 4.69) is 68.4 Å². The van der Waals surface area contributed by atoms with Crippen LogP contribution in [0.25, 0.3) is 10.8 Å². The number of nitrogens with one attached hydrogen (secondary N) is 2. The van der Waals surface area contributed by atoms with Crippen LogP contribution in [0, 0.1) is 0 Å². The van der Waals surface area contributed by atoms with Crippen molar-refractivity contribution < 1.29 is 19.1 Å². The van der Waals surface area contributed by atoms with Crippen molar-refractivity contribution in [2.24, 2.45) is 5.10 Å². The number of hydrazone groups is 1. The third kappa shape index (κ3) is 8.16. The summed E-state index contributed by atoms with van der Waals surface area (Å²) >= 11 is 19.0. The number of rotatable bonds is 11. The van der Waals surface area contributed by atoms with Gasteiger partial charge in [-0.25, -0.2) is 4.68 Å². The Kier molecular flexibility index (Phi) is 11.6. The summed E-state index contributed by atoms with van der Waals surface area (Å²) in [5.74, 6) is -1.45. The molecule has 56 heavy (non-hydrogen) atoms. The van der Waals surface area contributed by atoms with Gasteiger partial charge in [0.2, 0.25) is 0 Å². The van der Waals surface area contributed by atoms with Crippen LogP contribution in [0.5, 0.6) is 5.75 Å². The molecule has 290 valence electrons. The smallest absolute Gasteiger partial charge is 0.280 e. The zero-order valence-electron chi connectivity index (χ0n) is 31.7. The molecule has 1 atom stereocenters. The summed E-state index contributed by atoms with van der Waals surface area (Å²) in [7, 11) is 0.